The van der Waals surface area contributed by atoms with Crippen molar-refractivity contribution in [2.75, 3.05) is 13.1 Å². The van der Waals surface area contributed by atoms with Crippen molar-refractivity contribution < 1.29 is 14.4 Å². The zero-order chi connectivity index (χ0) is 9.19. The van der Waals surface area contributed by atoms with Gasteiger partial charge in [0.1, 0.15) is 0 Å². The number of rotatable bonds is 1. The fourth-order valence-corrected chi connectivity index (χ4v) is 2.01. The van der Waals surface area contributed by atoms with Crippen LogP contribution in [0.15, 0.2) is 0 Å². The summed E-state index contributed by atoms with van der Waals surface area (Å²) in [6.45, 7) is 5.62. The Morgan fingerprint density at radius 2 is 1.75 bits per heavy atom. The highest BCUT2D eigenvalue weighted by Crippen LogP contribution is 2.22. The lowest BCUT2D eigenvalue weighted by Crippen LogP contribution is -2.59. The van der Waals surface area contributed by atoms with Crippen molar-refractivity contribution in [2.24, 2.45) is 0 Å². The predicted octanol–water partition coefficient (Wildman–Crippen LogP) is 2.07. The number of carboxylic acid groups (broad SMARTS) is 1. The molecule has 1 rings (SSSR count). The third-order valence-corrected chi connectivity index (χ3v) is 2.98. The fourth-order valence-electron chi connectivity index (χ4n) is 2.01. The van der Waals surface area contributed by atoms with Crippen molar-refractivity contribution in [3.05, 3.63) is 0 Å². The molecule has 0 aromatic heterocycles. The van der Waals surface area contributed by atoms with E-state index in [9.17, 15) is 4.79 Å². The lowest BCUT2D eigenvalue weighted by atomic mass is 10.1. The van der Waals surface area contributed by atoms with Gasteiger partial charge in [-0.1, -0.05) is 0 Å². The van der Waals surface area contributed by atoms with Crippen LogP contribution in [0.1, 0.15) is 33.1 Å². The first-order chi connectivity index (χ1) is 5.59. The van der Waals surface area contributed by atoms with Crippen LogP contribution in [0.25, 0.3) is 0 Å². The van der Waals surface area contributed by atoms with Crippen LogP contribution in [0.2, 0.25) is 0 Å². The molecule has 0 aromatic rings. The van der Waals surface area contributed by atoms with Crippen LogP contribution in [0.3, 0.4) is 0 Å². The fraction of sp³-hybridized carbons (Fsp3) is 0.889. The van der Waals surface area contributed by atoms with Gasteiger partial charge < -0.3 is 5.11 Å². The number of quaternary nitrogens is 1. The molecule has 1 aliphatic rings. The number of amides is 1. The van der Waals surface area contributed by atoms with Crippen LogP contribution < -0.4 is 0 Å². The highest BCUT2D eigenvalue weighted by molar-refractivity contribution is 5.57. The lowest BCUT2D eigenvalue weighted by molar-refractivity contribution is -0.883. The summed E-state index contributed by atoms with van der Waals surface area (Å²) >= 11 is 0. The topological polar surface area (TPSA) is 37.3 Å². The molecule has 0 aliphatic carbocycles. The number of carbonyl (C=O) groups is 1. The number of hydrogen-bond donors (Lipinski definition) is 1. The number of likely N-dealkylation sites (tertiary alicyclic amines) is 1. The van der Waals surface area contributed by atoms with Crippen molar-refractivity contribution >= 4 is 6.09 Å². The second-order valence-electron chi connectivity index (χ2n) is 3.92. The van der Waals surface area contributed by atoms with Gasteiger partial charge in [-0.25, -0.2) is 4.48 Å². The Balaban J connectivity index is 2.77. The van der Waals surface area contributed by atoms with Gasteiger partial charge in [-0.05, 0) is 33.1 Å². The lowest BCUT2D eigenvalue weighted by Gasteiger charge is -2.39. The minimum absolute atomic E-state index is 0.211. The molecule has 70 valence electrons. The van der Waals surface area contributed by atoms with E-state index in [1.54, 1.807) is 0 Å². The average molecular weight is 172 g/mol. The molecule has 1 saturated heterocycles. The molecule has 1 N–H and O–H groups in total. The van der Waals surface area contributed by atoms with E-state index >= 15 is 0 Å². The molecule has 0 aromatic carbocycles. The summed E-state index contributed by atoms with van der Waals surface area (Å²) in [4.78, 5) is 11.1. The summed E-state index contributed by atoms with van der Waals surface area (Å²) < 4.78 is 0.278. The van der Waals surface area contributed by atoms with E-state index in [1.807, 2.05) is 13.8 Å². The molecule has 0 atom stereocenters. The molecular weight excluding hydrogens is 154 g/mol. The van der Waals surface area contributed by atoms with Gasteiger partial charge in [-0.2, -0.15) is 4.79 Å². The first-order valence-corrected chi connectivity index (χ1v) is 4.70. The van der Waals surface area contributed by atoms with Gasteiger partial charge in [0.15, 0.2) is 0 Å². The number of piperidine rings is 1. The van der Waals surface area contributed by atoms with Gasteiger partial charge in [0.25, 0.3) is 0 Å². The number of hydrogen-bond acceptors (Lipinski definition) is 1. The van der Waals surface area contributed by atoms with E-state index in [1.165, 1.54) is 6.42 Å². The van der Waals surface area contributed by atoms with Crippen molar-refractivity contribution in [3.63, 3.8) is 0 Å². The maximum absolute atomic E-state index is 11.1. The molecule has 0 bridgehead atoms. The van der Waals surface area contributed by atoms with Gasteiger partial charge in [0, 0.05) is 0 Å². The smallest absolute Gasteiger partial charge is 0.435 e. The SMILES string of the molecule is CC(C)[N+]1(C(=O)O)CCCCC1. The Kier molecular flexibility index (Phi) is 2.73. The Morgan fingerprint density at radius 3 is 2.00 bits per heavy atom. The molecule has 0 saturated carbocycles. The van der Waals surface area contributed by atoms with E-state index in [0.717, 1.165) is 25.9 Å². The molecule has 1 aliphatic heterocycles. The molecule has 3 nitrogen and oxygen atoms in total. The first kappa shape index (κ1) is 9.52. The maximum atomic E-state index is 11.1. The monoisotopic (exact) mass is 172 g/mol. The normalized spacial score (nSPS) is 22.6. The van der Waals surface area contributed by atoms with Crippen LogP contribution in [0, 0.1) is 0 Å². The van der Waals surface area contributed by atoms with Crippen LogP contribution >= 0.6 is 0 Å². The van der Waals surface area contributed by atoms with Crippen LogP contribution in [0.4, 0.5) is 4.79 Å². The largest absolute Gasteiger partial charge is 0.513 e. The Hall–Kier alpha value is -0.570. The third kappa shape index (κ3) is 1.46. The minimum atomic E-state index is -0.648. The van der Waals surface area contributed by atoms with Gasteiger partial charge in [0.2, 0.25) is 0 Å². The molecule has 0 radical (unpaired) electrons. The second-order valence-corrected chi connectivity index (χ2v) is 3.92. The van der Waals surface area contributed by atoms with Gasteiger partial charge >= 0.3 is 6.09 Å². The van der Waals surface area contributed by atoms with Gasteiger partial charge in [0.05, 0.1) is 19.1 Å². The zero-order valence-corrected chi connectivity index (χ0v) is 7.92. The summed E-state index contributed by atoms with van der Waals surface area (Å²) in [6, 6.07) is 0.211. The van der Waals surface area contributed by atoms with Crippen LogP contribution in [0.5, 0.6) is 0 Å². The summed E-state index contributed by atoms with van der Waals surface area (Å²) in [5.74, 6) is 0. The number of nitrogens with zero attached hydrogens (tertiary/aromatic N) is 1. The Labute approximate surface area is 73.6 Å². The van der Waals surface area contributed by atoms with E-state index < -0.39 is 6.09 Å². The molecular formula is C9H18NO2+. The molecule has 1 heterocycles. The highest BCUT2D eigenvalue weighted by Gasteiger charge is 2.40. The third-order valence-electron chi connectivity index (χ3n) is 2.98. The van der Waals surface area contributed by atoms with Crippen molar-refractivity contribution in [3.8, 4) is 0 Å². The minimum Gasteiger partial charge on any atom is -0.435 e. The maximum Gasteiger partial charge on any atom is 0.513 e. The highest BCUT2D eigenvalue weighted by atomic mass is 16.4. The Bertz CT molecular complexity index is 171. The van der Waals surface area contributed by atoms with E-state index in [0.29, 0.717) is 0 Å². The van der Waals surface area contributed by atoms with Crippen LogP contribution in [-0.4, -0.2) is 34.8 Å². The molecule has 12 heavy (non-hydrogen) atoms. The van der Waals surface area contributed by atoms with E-state index in [2.05, 4.69) is 0 Å². The standard InChI is InChI=1S/C9H17NO2/c1-8(2)10(9(11)12)6-4-3-5-7-10/h8H,3-7H2,1-2H3/p+1. The summed E-state index contributed by atoms with van der Waals surface area (Å²) in [5, 5.41) is 9.13. The van der Waals surface area contributed by atoms with Gasteiger partial charge in [-0.3, -0.25) is 0 Å². The molecule has 1 fully saturated rings. The quantitative estimate of drug-likeness (QED) is 0.615. The Morgan fingerprint density at radius 1 is 1.25 bits per heavy atom. The zero-order valence-electron chi connectivity index (χ0n) is 7.92. The average Bonchev–Trinajstić information content (AvgIpc) is 2.05. The predicted molar refractivity (Wildman–Crippen MR) is 47.0 cm³/mol. The van der Waals surface area contributed by atoms with Crippen molar-refractivity contribution in [1.29, 1.82) is 0 Å². The molecule has 3 heteroatoms. The van der Waals surface area contributed by atoms with Crippen molar-refractivity contribution in [1.82, 2.24) is 0 Å². The summed E-state index contributed by atoms with van der Waals surface area (Å²) in [6.07, 6.45) is 2.67. The van der Waals surface area contributed by atoms with Crippen LogP contribution in [-0.2, 0) is 0 Å². The first-order valence-electron chi connectivity index (χ1n) is 4.70. The van der Waals surface area contributed by atoms with Crippen molar-refractivity contribution in [2.45, 2.75) is 39.2 Å². The molecule has 1 amide bonds. The van der Waals surface area contributed by atoms with E-state index in [4.69, 9.17) is 5.11 Å². The summed E-state index contributed by atoms with van der Waals surface area (Å²) in [5.41, 5.74) is 0. The second kappa shape index (κ2) is 3.44. The molecule has 0 spiro atoms. The van der Waals surface area contributed by atoms with Gasteiger partial charge in [-0.15, -0.1) is 0 Å². The molecule has 0 unspecified atom stereocenters. The van der Waals surface area contributed by atoms with E-state index in [-0.39, 0.29) is 10.5 Å². The summed E-state index contributed by atoms with van der Waals surface area (Å²) in [7, 11) is 0.